The van der Waals surface area contributed by atoms with Crippen LogP contribution in [-0.2, 0) is 14.6 Å². The van der Waals surface area contributed by atoms with Gasteiger partial charge in [-0.3, -0.25) is 0 Å². The second-order valence-corrected chi connectivity index (χ2v) is 7.36. The summed E-state index contributed by atoms with van der Waals surface area (Å²) in [4.78, 5) is 0. The number of ether oxygens (including phenoxy) is 1. The monoisotopic (exact) mass is 251 g/mol. The summed E-state index contributed by atoms with van der Waals surface area (Å²) in [5.41, 5.74) is -0.182. The summed E-state index contributed by atoms with van der Waals surface area (Å²) in [5.74, 6) is 0.207. The molecule has 0 aliphatic carbocycles. The van der Waals surface area contributed by atoms with Gasteiger partial charge in [-0.2, -0.15) is 0 Å². The molecule has 0 aromatic heterocycles. The Balaban J connectivity index is 4.07. The van der Waals surface area contributed by atoms with Gasteiger partial charge < -0.3 is 10.1 Å². The Morgan fingerprint density at radius 3 is 2.25 bits per heavy atom. The lowest BCUT2D eigenvalue weighted by atomic mass is 10.2. The molecule has 98 valence electrons. The van der Waals surface area contributed by atoms with Crippen LogP contribution in [0.25, 0.3) is 0 Å². The van der Waals surface area contributed by atoms with E-state index < -0.39 is 9.84 Å². The molecule has 0 heterocycles. The summed E-state index contributed by atoms with van der Waals surface area (Å²) in [6.07, 6.45) is 1.86. The van der Waals surface area contributed by atoms with Gasteiger partial charge in [0, 0.05) is 12.3 Å². The van der Waals surface area contributed by atoms with Crippen molar-refractivity contribution >= 4 is 9.84 Å². The van der Waals surface area contributed by atoms with Gasteiger partial charge >= 0.3 is 0 Å². The van der Waals surface area contributed by atoms with Crippen LogP contribution in [0.3, 0.4) is 0 Å². The average molecular weight is 251 g/mol. The predicted octanol–water partition coefficient (Wildman–Crippen LogP) is 1.21. The Hall–Kier alpha value is -0.130. The lowest BCUT2D eigenvalue weighted by Gasteiger charge is -2.24. The maximum Gasteiger partial charge on any atom is 0.147 e. The number of hydrogen-bond donors (Lipinski definition) is 1. The van der Waals surface area contributed by atoms with Crippen molar-refractivity contribution in [1.82, 2.24) is 5.32 Å². The highest BCUT2D eigenvalue weighted by atomic mass is 32.2. The molecule has 0 rings (SSSR count). The number of likely N-dealkylation sites (N-methyl/N-ethyl adjacent to an activating group) is 1. The van der Waals surface area contributed by atoms with Gasteiger partial charge in [-0.15, -0.1) is 0 Å². The summed E-state index contributed by atoms with van der Waals surface area (Å²) in [6, 6.07) is 0.110. The van der Waals surface area contributed by atoms with Crippen molar-refractivity contribution in [2.45, 2.75) is 45.8 Å². The standard InChI is InChI=1S/C11H25NO3S/c1-6-12-10(7-8-16(5,13)14)9-15-11(2,3)4/h10,12H,6-9H2,1-5H3. The van der Waals surface area contributed by atoms with E-state index in [1.807, 2.05) is 27.7 Å². The van der Waals surface area contributed by atoms with Crippen LogP contribution in [0.5, 0.6) is 0 Å². The van der Waals surface area contributed by atoms with Crippen LogP contribution in [0.4, 0.5) is 0 Å². The molecule has 0 saturated carbocycles. The Morgan fingerprint density at radius 1 is 1.31 bits per heavy atom. The van der Waals surface area contributed by atoms with E-state index in [0.29, 0.717) is 13.0 Å². The Kier molecular flexibility index (Phi) is 6.51. The first-order valence-electron chi connectivity index (χ1n) is 5.69. The molecule has 0 aromatic carbocycles. The molecule has 0 saturated heterocycles. The summed E-state index contributed by atoms with van der Waals surface area (Å²) in [6.45, 7) is 9.35. The number of nitrogens with one attached hydrogen (secondary N) is 1. The summed E-state index contributed by atoms with van der Waals surface area (Å²) in [5, 5.41) is 3.24. The Labute approximate surface area is 99.7 Å². The molecule has 0 fully saturated rings. The van der Waals surface area contributed by atoms with Crippen molar-refractivity contribution in [3.63, 3.8) is 0 Å². The van der Waals surface area contributed by atoms with E-state index in [-0.39, 0.29) is 17.4 Å². The lowest BCUT2D eigenvalue weighted by Crippen LogP contribution is -2.37. The fourth-order valence-electron chi connectivity index (χ4n) is 1.24. The Morgan fingerprint density at radius 2 is 1.88 bits per heavy atom. The average Bonchev–Trinajstić information content (AvgIpc) is 2.07. The zero-order valence-corrected chi connectivity index (χ0v) is 11.9. The molecule has 4 nitrogen and oxygen atoms in total. The third-order valence-corrected chi connectivity index (χ3v) is 3.02. The first kappa shape index (κ1) is 15.9. The fraction of sp³-hybridized carbons (Fsp3) is 1.00. The van der Waals surface area contributed by atoms with Gasteiger partial charge in [0.25, 0.3) is 0 Å². The summed E-state index contributed by atoms with van der Waals surface area (Å²) in [7, 11) is -2.89. The minimum absolute atomic E-state index is 0.110. The predicted molar refractivity (Wildman–Crippen MR) is 67.5 cm³/mol. The molecular weight excluding hydrogens is 226 g/mol. The lowest BCUT2D eigenvalue weighted by molar-refractivity contribution is -0.0145. The third-order valence-electron chi connectivity index (χ3n) is 2.05. The van der Waals surface area contributed by atoms with Gasteiger partial charge in [0.2, 0.25) is 0 Å². The molecule has 0 aliphatic rings. The van der Waals surface area contributed by atoms with E-state index in [1.165, 1.54) is 6.26 Å². The van der Waals surface area contributed by atoms with Gasteiger partial charge in [0.05, 0.1) is 18.0 Å². The zero-order chi connectivity index (χ0) is 12.8. The van der Waals surface area contributed by atoms with Gasteiger partial charge in [-0.25, -0.2) is 8.42 Å². The SMILES string of the molecule is CCNC(CCS(C)(=O)=O)COC(C)(C)C. The molecule has 0 bridgehead atoms. The van der Waals surface area contributed by atoms with Crippen molar-refractivity contribution in [2.75, 3.05) is 25.2 Å². The second kappa shape index (κ2) is 6.57. The normalized spacial score (nSPS) is 15.1. The number of rotatable bonds is 7. The third kappa shape index (κ3) is 10.4. The molecule has 0 aromatic rings. The fourth-order valence-corrected chi connectivity index (χ4v) is 1.95. The highest BCUT2D eigenvalue weighted by molar-refractivity contribution is 7.90. The molecule has 0 spiro atoms. The maximum absolute atomic E-state index is 11.1. The van der Waals surface area contributed by atoms with Crippen LogP contribution in [0, 0.1) is 0 Å². The molecule has 1 atom stereocenters. The molecule has 5 heteroatoms. The topological polar surface area (TPSA) is 55.4 Å². The van der Waals surface area contributed by atoms with Crippen molar-refractivity contribution in [1.29, 1.82) is 0 Å². The minimum atomic E-state index is -2.89. The number of sulfone groups is 1. The van der Waals surface area contributed by atoms with Gasteiger partial charge in [-0.05, 0) is 33.7 Å². The first-order chi connectivity index (χ1) is 7.14. The van der Waals surface area contributed by atoms with Crippen LogP contribution >= 0.6 is 0 Å². The van der Waals surface area contributed by atoms with Crippen molar-refractivity contribution in [3.8, 4) is 0 Å². The molecular formula is C11H25NO3S. The number of hydrogen-bond acceptors (Lipinski definition) is 4. The van der Waals surface area contributed by atoms with Crippen LogP contribution in [0.15, 0.2) is 0 Å². The molecule has 1 unspecified atom stereocenters. The summed E-state index contributed by atoms with van der Waals surface area (Å²) >= 11 is 0. The van der Waals surface area contributed by atoms with Gasteiger partial charge in [-0.1, -0.05) is 6.92 Å². The maximum atomic E-state index is 11.1. The highest BCUT2D eigenvalue weighted by Gasteiger charge is 2.16. The van der Waals surface area contributed by atoms with E-state index in [9.17, 15) is 8.42 Å². The molecule has 0 radical (unpaired) electrons. The Bertz CT molecular complexity index is 280. The zero-order valence-electron chi connectivity index (χ0n) is 11.0. The van der Waals surface area contributed by atoms with Crippen molar-refractivity contribution in [3.05, 3.63) is 0 Å². The molecule has 16 heavy (non-hydrogen) atoms. The van der Waals surface area contributed by atoms with E-state index in [4.69, 9.17) is 4.74 Å². The highest BCUT2D eigenvalue weighted by Crippen LogP contribution is 2.08. The van der Waals surface area contributed by atoms with E-state index in [2.05, 4.69) is 5.32 Å². The quantitative estimate of drug-likeness (QED) is 0.739. The van der Waals surface area contributed by atoms with Gasteiger partial charge in [0.1, 0.15) is 9.84 Å². The van der Waals surface area contributed by atoms with E-state index in [0.717, 1.165) is 6.54 Å². The van der Waals surface area contributed by atoms with Crippen LogP contribution in [-0.4, -0.2) is 45.2 Å². The first-order valence-corrected chi connectivity index (χ1v) is 7.75. The molecule has 0 aliphatic heterocycles. The van der Waals surface area contributed by atoms with Crippen LogP contribution < -0.4 is 5.32 Å². The minimum Gasteiger partial charge on any atom is -0.374 e. The van der Waals surface area contributed by atoms with Crippen LogP contribution in [0.2, 0.25) is 0 Å². The van der Waals surface area contributed by atoms with E-state index >= 15 is 0 Å². The van der Waals surface area contributed by atoms with Crippen molar-refractivity contribution < 1.29 is 13.2 Å². The molecule has 0 amide bonds. The van der Waals surface area contributed by atoms with Crippen molar-refractivity contribution in [2.24, 2.45) is 0 Å². The van der Waals surface area contributed by atoms with Gasteiger partial charge in [0.15, 0.2) is 0 Å². The molecule has 1 N–H and O–H groups in total. The summed E-state index contributed by atoms with van der Waals surface area (Å²) < 4.78 is 27.8. The van der Waals surface area contributed by atoms with Crippen LogP contribution in [0.1, 0.15) is 34.1 Å². The largest absolute Gasteiger partial charge is 0.374 e. The second-order valence-electron chi connectivity index (χ2n) is 5.10. The van der Waals surface area contributed by atoms with E-state index in [1.54, 1.807) is 0 Å². The smallest absolute Gasteiger partial charge is 0.147 e.